The molecule has 0 aliphatic rings. The third-order valence-electron chi connectivity index (χ3n) is 2.93. The Morgan fingerprint density at radius 1 is 1.23 bits per heavy atom. The van der Waals surface area contributed by atoms with Crippen molar-refractivity contribution in [2.75, 3.05) is 5.32 Å². The van der Waals surface area contributed by atoms with Crippen LogP contribution in [0.4, 0.5) is 5.69 Å². The molecule has 0 atom stereocenters. The van der Waals surface area contributed by atoms with E-state index in [1.807, 2.05) is 0 Å². The van der Waals surface area contributed by atoms with Crippen LogP contribution in [-0.2, 0) is 0 Å². The zero-order valence-corrected chi connectivity index (χ0v) is 13.5. The van der Waals surface area contributed by atoms with Gasteiger partial charge in [0, 0.05) is 23.1 Å². The molecule has 3 aromatic rings. The highest BCUT2D eigenvalue weighted by Crippen LogP contribution is 2.23. The van der Waals surface area contributed by atoms with Gasteiger partial charge in [-0.3, -0.25) is 4.79 Å². The van der Waals surface area contributed by atoms with Gasteiger partial charge in [0.05, 0.1) is 16.3 Å². The minimum Gasteiger partial charge on any atom is -0.319 e. The van der Waals surface area contributed by atoms with Crippen molar-refractivity contribution in [2.45, 2.75) is 0 Å². The van der Waals surface area contributed by atoms with Crippen LogP contribution in [0, 0.1) is 0 Å². The maximum atomic E-state index is 12.4. The van der Waals surface area contributed by atoms with Gasteiger partial charge in [-0.2, -0.15) is 5.10 Å². The molecule has 0 unspecified atom stereocenters. The average molecular weight is 378 g/mol. The molecule has 1 amide bonds. The first-order valence-corrected chi connectivity index (χ1v) is 7.53. The molecule has 110 valence electrons. The molecule has 0 radical (unpaired) electrons. The molecule has 0 saturated carbocycles. The zero-order chi connectivity index (χ0) is 15.5. The molecule has 0 saturated heterocycles. The van der Waals surface area contributed by atoms with Gasteiger partial charge in [0.2, 0.25) is 0 Å². The molecule has 0 aliphatic heterocycles. The van der Waals surface area contributed by atoms with Gasteiger partial charge in [0.15, 0.2) is 5.82 Å². The maximum absolute atomic E-state index is 12.4. The standard InChI is InChI=1S/C15H10BrClN4O/c16-10-4-5-12(17)11(9-10)15(22)20-13-3-1-6-18-14(13)21-8-2-7-19-21/h1-9H,(H,20,22). The Labute approximate surface area is 140 Å². The number of anilines is 1. The van der Waals surface area contributed by atoms with Crippen molar-refractivity contribution in [3.05, 3.63) is 70.0 Å². The quantitative estimate of drug-likeness (QED) is 0.752. The Morgan fingerprint density at radius 3 is 2.86 bits per heavy atom. The minimum atomic E-state index is -0.312. The lowest BCUT2D eigenvalue weighted by Gasteiger charge is -2.11. The van der Waals surface area contributed by atoms with Crippen molar-refractivity contribution in [1.29, 1.82) is 0 Å². The second-order valence-corrected chi connectivity index (χ2v) is 5.73. The fourth-order valence-electron chi connectivity index (χ4n) is 1.93. The number of hydrogen-bond donors (Lipinski definition) is 1. The zero-order valence-electron chi connectivity index (χ0n) is 11.2. The van der Waals surface area contributed by atoms with Crippen LogP contribution < -0.4 is 5.32 Å². The van der Waals surface area contributed by atoms with Crippen molar-refractivity contribution in [1.82, 2.24) is 14.8 Å². The molecule has 7 heteroatoms. The number of halogens is 2. The normalized spacial score (nSPS) is 10.5. The van der Waals surface area contributed by atoms with Crippen molar-refractivity contribution in [3.8, 4) is 5.82 Å². The van der Waals surface area contributed by atoms with E-state index in [1.54, 1.807) is 59.7 Å². The van der Waals surface area contributed by atoms with E-state index >= 15 is 0 Å². The molecular formula is C15H10BrClN4O. The summed E-state index contributed by atoms with van der Waals surface area (Å²) in [5, 5.41) is 7.32. The predicted octanol–water partition coefficient (Wildman–Crippen LogP) is 3.94. The molecule has 2 aromatic heterocycles. The molecule has 22 heavy (non-hydrogen) atoms. The minimum absolute atomic E-state index is 0.312. The number of benzene rings is 1. The highest BCUT2D eigenvalue weighted by Gasteiger charge is 2.14. The summed E-state index contributed by atoms with van der Waals surface area (Å²) in [4.78, 5) is 16.7. The first kappa shape index (κ1) is 14.7. The summed E-state index contributed by atoms with van der Waals surface area (Å²) in [6.07, 6.45) is 5.04. The Kier molecular flexibility index (Phi) is 4.22. The van der Waals surface area contributed by atoms with Crippen LogP contribution in [0.1, 0.15) is 10.4 Å². The summed E-state index contributed by atoms with van der Waals surface area (Å²) in [6, 6.07) is 10.4. The molecule has 5 nitrogen and oxygen atoms in total. The lowest BCUT2D eigenvalue weighted by Crippen LogP contribution is -2.15. The van der Waals surface area contributed by atoms with Crippen LogP contribution in [0.2, 0.25) is 5.02 Å². The first-order chi connectivity index (χ1) is 10.6. The van der Waals surface area contributed by atoms with Gasteiger partial charge in [-0.05, 0) is 36.4 Å². The number of pyridine rings is 1. The number of amides is 1. The molecule has 1 N–H and O–H groups in total. The van der Waals surface area contributed by atoms with Crippen LogP contribution in [0.25, 0.3) is 5.82 Å². The molecule has 1 aromatic carbocycles. The molecule has 0 fully saturated rings. The van der Waals surface area contributed by atoms with E-state index in [-0.39, 0.29) is 5.91 Å². The van der Waals surface area contributed by atoms with Gasteiger partial charge >= 0.3 is 0 Å². The largest absolute Gasteiger partial charge is 0.319 e. The number of nitrogens with zero attached hydrogens (tertiary/aromatic N) is 3. The summed E-state index contributed by atoms with van der Waals surface area (Å²) in [7, 11) is 0. The van der Waals surface area contributed by atoms with Gasteiger partial charge in [0.25, 0.3) is 5.91 Å². The maximum Gasteiger partial charge on any atom is 0.257 e. The van der Waals surface area contributed by atoms with Crippen LogP contribution in [0.5, 0.6) is 0 Å². The van der Waals surface area contributed by atoms with E-state index < -0.39 is 0 Å². The Balaban J connectivity index is 1.94. The third-order valence-corrected chi connectivity index (χ3v) is 3.75. The lowest BCUT2D eigenvalue weighted by atomic mass is 10.2. The number of carbonyl (C=O) groups excluding carboxylic acids is 1. The summed E-state index contributed by atoms with van der Waals surface area (Å²) in [5.74, 6) is 0.222. The fourth-order valence-corrected chi connectivity index (χ4v) is 2.50. The summed E-state index contributed by atoms with van der Waals surface area (Å²) in [5.41, 5.74) is 0.929. The highest BCUT2D eigenvalue weighted by atomic mass is 79.9. The van der Waals surface area contributed by atoms with Crippen molar-refractivity contribution >= 4 is 39.1 Å². The van der Waals surface area contributed by atoms with E-state index in [0.29, 0.717) is 22.1 Å². The lowest BCUT2D eigenvalue weighted by molar-refractivity contribution is 0.102. The van der Waals surface area contributed by atoms with Gasteiger partial charge in [-0.1, -0.05) is 27.5 Å². The summed E-state index contributed by atoms with van der Waals surface area (Å²) >= 11 is 9.41. The predicted molar refractivity (Wildman–Crippen MR) is 88.5 cm³/mol. The second kappa shape index (κ2) is 6.29. The van der Waals surface area contributed by atoms with E-state index in [9.17, 15) is 4.79 Å². The molecular weight excluding hydrogens is 368 g/mol. The summed E-state index contributed by atoms with van der Waals surface area (Å²) in [6.45, 7) is 0. The second-order valence-electron chi connectivity index (χ2n) is 4.40. The SMILES string of the molecule is O=C(Nc1cccnc1-n1cccn1)c1cc(Br)ccc1Cl. The number of hydrogen-bond acceptors (Lipinski definition) is 3. The molecule has 0 aliphatic carbocycles. The summed E-state index contributed by atoms with van der Waals surface area (Å²) < 4.78 is 2.36. The first-order valence-electron chi connectivity index (χ1n) is 6.36. The Bertz CT molecular complexity index is 820. The van der Waals surface area contributed by atoms with Gasteiger partial charge in [0.1, 0.15) is 0 Å². The number of carbonyl (C=O) groups is 1. The molecule has 2 heterocycles. The van der Waals surface area contributed by atoms with Crippen LogP contribution in [0.15, 0.2) is 59.5 Å². The highest BCUT2D eigenvalue weighted by molar-refractivity contribution is 9.10. The van der Waals surface area contributed by atoms with E-state index in [2.05, 4.69) is 31.3 Å². The smallest absolute Gasteiger partial charge is 0.257 e. The average Bonchev–Trinajstić information content (AvgIpc) is 3.04. The van der Waals surface area contributed by atoms with Crippen molar-refractivity contribution < 1.29 is 4.79 Å². The molecule has 0 spiro atoms. The number of nitrogens with one attached hydrogen (secondary N) is 1. The van der Waals surface area contributed by atoms with Gasteiger partial charge < -0.3 is 5.32 Å². The molecule has 3 rings (SSSR count). The van der Waals surface area contributed by atoms with Gasteiger partial charge in [-0.15, -0.1) is 0 Å². The van der Waals surface area contributed by atoms with E-state index in [4.69, 9.17) is 11.6 Å². The third kappa shape index (κ3) is 3.03. The Hall–Kier alpha value is -2.18. The monoisotopic (exact) mass is 376 g/mol. The molecule has 0 bridgehead atoms. The topological polar surface area (TPSA) is 59.8 Å². The Morgan fingerprint density at radius 2 is 2.09 bits per heavy atom. The van der Waals surface area contributed by atoms with Crippen molar-refractivity contribution in [3.63, 3.8) is 0 Å². The fraction of sp³-hybridized carbons (Fsp3) is 0. The van der Waals surface area contributed by atoms with Gasteiger partial charge in [-0.25, -0.2) is 9.67 Å². The number of aromatic nitrogens is 3. The van der Waals surface area contributed by atoms with E-state index in [1.165, 1.54) is 0 Å². The number of rotatable bonds is 3. The van der Waals surface area contributed by atoms with Crippen molar-refractivity contribution in [2.24, 2.45) is 0 Å². The van der Waals surface area contributed by atoms with Crippen LogP contribution in [-0.4, -0.2) is 20.7 Å². The van der Waals surface area contributed by atoms with E-state index in [0.717, 1.165) is 4.47 Å². The van der Waals surface area contributed by atoms with Crippen LogP contribution >= 0.6 is 27.5 Å². The van der Waals surface area contributed by atoms with Crippen LogP contribution in [0.3, 0.4) is 0 Å².